The highest BCUT2D eigenvalue weighted by molar-refractivity contribution is 7.89. The molecule has 146 valence electrons. The number of morpholine rings is 1. The predicted molar refractivity (Wildman–Crippen MR) is 98.2 cm³/mol. The molecular formula is C16H27N5O4S. The van der Waals surface area contributed by atoms with Crippen molar-refractivity contribution >= 4 is 21.9 Å². The van der Waals surface area contributed by atoms with Crippen LogP contribution in [0.15, 0.2) is 12.3 Å². The molecule has 1 aromatic rings. The van der Waals surface area contributed by atoms with E-state index in [4.69, 9.17) is 4.74 Å². The van der Waals surface area contributed by atoms with Gasteiger partial charge in [-0.1, -0.05) is 13.3 Å². The molecule has 9 nitrogen and oxygen atoms in total. The number of amides is 1. The number of hydrogen-bond acceptors (Lipinski definition) is 7. The van der Waals surface area contributed by atoms with E-state index in [0.717, 1.165) is 23.8 Å². The second kappa shape index (κ2) is 9.79. The number of nitrogens with zero attached hydrogens (tertiary/aromatic N) is 4. The summed E-state index contributed by atoms with van der Waals surface area (Å²) in [5.74, 6) is 0.306. The number of likely N-dealkylation sites (N-methyl/N-ethyl adjacent to an activating group) is 1. The second-order valence-corrected chi connectivity index (χ2v) is 8.35. The highest BCUT2D eigenvalue weighted by Gasteiger charge is 2.20. The van der Waals surface area contributed by atoms with E-state index in [9.17, 15) is 13.2 Å². The van der Waals surface area contributed by atoms with E-state index >= 15 is 0 Å². The van der Waals surface area contributed by atoms with Crippen molar-refractivity contribution < 1.29 is 17.9 Å². The standard InChI is InChI=1S/C16H27N5O4S/c1-3-4-11-26(23,24)20(2)13-15(22)18-12-14-5-6-17-16(19-14)21-7-9-25-10-8-21/h5-6H,3-4,7-13H2,1-2H3,(H,18,22). The summed E-state index contributed by atoms with van der Waals surface area (Å²) in [5.41, 5.74) is 0.673. The van der Waals surface area contributed by atoms with Crippen LogP contribution in [0.5, 0.6) is 0 Å². The first-order chi connectivity index (χ1) is 12.4. The Morgan fingerprint density at radius 2 is 2.12 bits per heavy atom. The smallest absolute Gasteiger partial charge is 0.235 e. The van der Waals surface area contributed by atoms with Crippen molar-refractivity contribution in [1.82, 2.24) is 19.6 Å². The summed E-state index contributed by atoms with van der Waals surface area (Å²) in [6, 6.07) is 1.73. The fraction of sp³-hybridized carbons (Fsp3) is 0.688. The van der Waals surface area contributed by atoms with Crippen LogP contribution < -0.4 is 10.2 Å². The van der Waals surface area contributed by atoms with Crippen LogP contribution in [-0.4, -0.2) is 74.2 Å². The third-order valence-corrected chi connectivity index (χ3v) is 5.94. The maximum Gasteiger partial charge on any atom is 0.235 e. The Bertz CT molecular complexity index is 692. The van der Waals surface area contributed by atoms with Crippen molar-refractivity contribution in [2.24, 2.45) is 0 Å². The maximum atomic E-state index is 12.0. The molecule has 0 aliphatic carbocycles. The van der Waals surface area contributed by atoms with Gasteiger partial charge in [0.2, 0.25) is 21.9 Å². The quantitative estimate of drug-likeness (QED) is 0.637. The zero-order valence-corrected chi connectivity index (χ0v) is 16.2. The molecule has 1 saturated heterocycles. The van der Waals surface area contributed by atoms with E-state index < -0.39 is 10.0 Å². The van der Waals surface area contributed by atoms with Gasteiger partial charge in [0.15, 0.2) is 0 Å². The van der Waals surface area contributed by atoms with Crippen LogP contribution >= 0.6 is 0 Å². The van der Waals surface area contributed by atoms with Crippen molar-refractivity contribution in [3.05, 3.63) is 18.0 Å². The van der Waals surface area contributed by atoms with Gasteiger partial charge in [0.25, 0.3) is 0 Å². The fourth-order valence-corrected chi connectivity index (χ4v) is 3.71. The molecule has 0 bridgehead atoms. The highest BCUT2D eigenvalue weighted by atomic mass is 32.2. The molecule has 0 atom stereocenters. The summed E-state index contributed by atoms with van der Waals surface area (Å²) in [4.78, 5) is 22.8. The number of anilines is 1. The lowest BCUT2D eigenvalue weighted by Gasteiger charge is -2.26. The SMILES string of the molecule is CCCCS(=O)(=O)N(C)CC(=O)NCc1ccnc(N2CCOCC2)n1. The number of unbranched alkanes of at least 4 members (excludes halogenated alkanes) is 1. The summed E-state index contributed by atoms with van der Waals surface area (Å²) in [7, 11) is -1.97. The average molecular weight is 385 g/mol. The molecule has 2 heterocycles. The highest BCUT2D eigenvalue weighted by Crippen LogP contribution is 2.09. The Labute approximate surface area is 154 Å². The lowest BCUT2D eigenvalue weighted by Crippen LogP contribution is -2.39. The molecule has 0 unspecified atom stereocenters. The molecule has 10 heteroatoms. The Balaban J connectivity index is 1.85. The zero-order valence-electron chi connectivity index (χ0n) is 15.3. The van der Waals surface area contributed by atoms with Gasteiger partial charge >= 0.3 is 0 Å². The first-order valence-corrected chi connectivity index (χ1v) is 10.4. The van der Waals surface area contributed by atoms with Gasteiger partial charge in [0.05, 0.1) is 37.8 Å². The van der Waals surface area contributed by atoms with Gasteiger partial charge in [-0.25, -0.2) is 18.4 Å². The minimum absolute atomic E-state index is 0.0576. The van der Waals surface area contributed by atoms with E-state index in [1.165, 1.54) is 7.05 Å². The van der Waals surface area contributed by atoms with Gasteiger partial charge in [-0.2, -0.15) is 4.31 Å². The largest absolute Gasteiger partial charge is 0.378 e. The second-order valence-electron chi connectivity index (χ2n) is 6.15. The van der Waals surface area contributed by atoms with Gasteiger partial charge in [-0.15, -0.1) is 0 Å². The summed E-state index contributed by atoms with van der Waals surface area (Å²) >= 11 is 0. The summed E-state index contributed by atoms with van der Waals surface area (Å²) in [6.45, 7) is 4.70. The van der Waals surface area contributed by atoms with Crippen LogP contribution in [-0.2, 0) is 26.1 Å². The number of carbonyl (C=O) groups excluding carboxylic acids is 1. The summed E-state index contributed by atoms with van der Waals surface area (Å²) < 4.78 is 30.5. The normalized spacial score (nSPS) is 15.3. The van der Waals surface area contributed by atoms with Crippen LogP contribution in [0.2, 0.25) is 0 Å². The van der Waals surface area contributed by atoms with E-state index in [0.29, 0.717) is 31.3 Å². The molecule has 1 N–H and O–H groups in total. The molecule has 1 fully saturated rings. The third kappa shape index (κ3) is 6.19. The van der Waals surface area contributed by atoms with Gasteiger partial charge in [-0.3, -0.25) is 4.79 Å². The van der Waals surface area contributed by atoms with Crippen LogP contribution in [0.3, 0.4) is 0 Å². The monoisotopic (exact) mass is 385 g/mol. The number of carbonyl (C=O) groups is 1. The van der Waals surface area contributed by atoms with Gasteiger partial charge < -0.3 is 15.0 Å². The third-order valence-electron chi connectivity index (χ3n) is 4.06. The first-order valence-electron chi connectivity index (χ1n) is 8.77. The molecule has 0 spiro atoms. The predicted octanol–water partition coefficient (Wildman–Crippen LogP) is -0.00890. The molecule has 1 aliphatic heterocycles. The minimum atomic E-state index is -3.39. The number of rotatable bonds is 9. The molecule has 0 aromatic carbocycles. The van der Waals surface area contributed by atoms with Crippen LogP contribution in [0.1, 0.15) is 25.5 Å². The number of hydrogen-bond donors (Lipinski definition) is 1. The Morgan fingerprint density at radius 1 is 1.38 bits per heavy atom. The number of sulfonamides is 1. The topological polar surface area (TPSA) is 105 Å². The number of nitrogens with one attached hydrogen (secondary N) is 1. The Hall–Kier alpha value is -1.78. The van der Waals surface area contributed by atoms with Gasteiger partial charge in [-0.05, 0) is 12.5 Å². The molecular weight excluding hydrogens is 358 g/mol. The average Bonchev–Trinajstić information content (AvgIpc) is 2.65. The van der Waals surface area contributed by atoms with Crippen molar-refractivity contribution in [3.8, 4) is 0 Å². The first kappa shape index (κ1) is 20.5. The Morgan fingerprint density at radius 3 is 2.81 bits per heavy atom. The summed E-state index contributed by atoms with van der Waals surface area (Å²) in [5, 5.41) is 2.71. The van der Waals surface area contributed by atoms with Crippen molar-refractivity contribution in [2.45, 2.75) is 26.3 Å². The molecule has 0 saturated carbocycles. The van der Waals surface area contributed by atoms with Gasteiger partial charge in [0.1, 0.15) is 0 Å². The lowest BCUT2D eigenvalue weighted by atomic mass is 10.4. The van der Waals surface area contributed by atoms with Gasteiger partial charge in [0, 0.05) is 26.3 Å². The molecule has 1 aromatic heterocycles. The lowest BCUT2D eigenvalue weighted by molar-refractivity contribution is -0.121. The van der Waals surface area contributed by atoms with Crippen LogP contribution in [0, 0.1) is 0 Å². The maximum absolute atomic E-state index is 12.0. The van der Waals surface area contributed by atoms with Crippen LogP contribution in [0.4, 0.5) is 5.95 Å². The van der Waals surface area contributed by atoms with E-state index in [2.05, 4.69) is 15.3 Å². The molecule has 1 aliphatic rings. The number of ether oxygens (including phenoxy) is 1. The molecule has 26 heavy (non-hydrogen) atoms. The molecule has 0 radical (unpaired) electrons. The Kier molecular flexibility index (Phi) is 7.73. The van der Waals surface area contributed by atoms with E-state index in [1.54, 1.807) is 12.3 Å². The number of aromatic nitrogens is 2. The van der Waals surface area contributed by atoms with Crippen molar-refractivity contribution in [2.75, 3.05) is 50.5 Å². The fourth-order valence-electron chi connectivity index (χ4n) is 2.43. The van der Waals surface area contributed by atoms with E-state index in [1.807, 2.05) is 11.8 Å². The summed E-state index contributed by atoms with van der Waals surface area (Å²) in [6.07, 6.45) is 3.03. The van der Waals surface area contributed by atoms with Crippen molar-refractivity contribution in [3.63, 3.8) is 0 Å². The molecule has 1 amide bonds. The molecule has 2 rings (SSSR count). The zero-order chi connectivity index (χ0) is 19.0. The van der Waals surface area contributed by atoms with E-state index in [-0.39, 0.29) is 24.7 Å². The minimum Gasteiger partial charge on any atom is -0.378 e. The van der Waals surface area contributed by atoms with Crippen LogP contribution in [0.25, 0.3) is 0 Å². The van der Waals surface area contributed by atoms with Crippen molar-refractivity contribution in [1.29, 1.82) is 0 Å².